The number of nitro benzene ring substituents is 1. The highest BCUT2D eigenvalue weighted by Gasteiger charge is 2.43. The van der Waals surface area contributed by atoms with Crippen molar-refractivity contribution in [3.63, 3.8) is 0 Å². The van der Waals surface area contributed by atoms with Crippen molar-refractivity contribution in [3.8, 4) is 0 Å². The molecule has 0 aliphatic carbocycles. The first-order valence-corrected chi connectivity index (χ1v) is 14.1. The molecule has 2 amide bonds. The highest BCUT2D eigenvalue weighted by molar-refractivity contribution is 7.13. The third kappa shape index (κ3) is 8.00. The first-order valence-electron chi connectivity index (χ1n) is 13.2. The van der Waals surface area contributed by atoms with Gasteiger partial charge in [0, 0.05) is 40.4 Å². The molecule has 14 nitrogen and oxygen atoms in total. The van der Waals surface area contributed by atoms with Crippen LogP contribution in [-0.4, -0.2) is 58.9 Å². The SMILES string of the molecule is CCOC(=O)C(NC(=O)C1=C(C)N=C(C)C(C(=O)OC)C1c1cccc([N+](=O)[O-])c1)c1csc(NC(=O)OC(C)(C)C)n1. The zero-order valence-corrected chi connectivity index (χ0v) is 25.6. The summed E-state index contributed by atoms with van der Waals surface area (Å²) in [6.45, 7) is 9.85. The number of aromatic nitrogens is 1. The second kappa shape index (κ2) is 13.5. The molecule has 1 aliphatic heterocycles. The van der Waals surface area contributed by atoms with E-state index in [0.717, 1.165) is 11.3 Å². The van der Waals surface area contributed by atoms with Crippen LogP contribution < -0.4 is 10.6 Å². The lowest BCUT2D eigenvalue weighted by atomic mass is 9.75. The van der Waals surface area contributed by atoms with Crippen LogP contribution in [0.4, 0.5) is 15.6 Å². The molecule has 15 heteroatoms. The van der Waals surface area contributed by atoms with E-state index in [1.807, 2.05) is 0 Å². The Bertz CT molecular complexity index is 1490. The number of benzene rings is 1. The molecule has 2 aromatic rings. The minimum Gasteiger partial charge on any atom is -0.468 e. The van der Waals surface area contributed by atoms with Crippen molar-refractivity contribution in [1.29, 1.82) is 0 Å². The van der Waals surface area contributed by atoms with Crippen LogP contribution in [0.25, 0.3) is 0 Å². The van der Waals surface area contributed by atoms with Crippen LogP contribution in [0.3, 0.4) is 0 Å². The summed E-state index contributed by atoms with van der Waals surface area (Å²) in [7, 11) is 1.19. The molecule has 0 spiro atoms. The van der Waals surface area contributed by atoms with Crippen LogP contribution >= 0.6 is 11.3 Å². The maximum absolute atomic E-state index is 14.0. The molecule has 0 fully saturated rings. The van der Waals surface area contributed by atoms with Crippen LogP contribution in [-0.2, 0) is 28.6 Å². The summed E-state index contributed by atoms with van der Waals surface area (Å²) in [5.74, 6) is -4.43. The van der Waals surface area contributed by atoms with Gasteiger partial charge in [-0.25, -0.2) is 14.6 Å². The maximum Gasteiger partial charge on any atom is 0.413 e. The number of nitrogens with one attached hydrogen (secondary N) is 2. The summed E-state index contributed by atoms with van der Waals surface area (Å²) in [5.41, 5.74) is -0.0395. The highest BCUT2D eigenvalue weighted by atomic mass is 32.1. The molecule has 2 N–H and O–H groups in total. The van der Waals surface area contributed by atoms with E-state index in [9.17, 15) is 29.3 Å². The Balaban J connectivity index is 2.04. The lowest BCUT2D eigenvalue weighted by Gasteiger charge is -2.32. The first kappa shape index (κ1) is 32.8. The fraction of sp³-hybridized carbons (Fsp3) is 0.429. The highest BCUT2D eigenvalue weighted by Crippen LogP contribution is 2.41. The van der Waals surface area contributed by atoms with Gasteiger partial charge in [-0.3, -0.25) is 30.0 Å². The molecule has 0 radical (unpaired) electrons. The molecule has 1 aromatic carbocycles. The average Bonchev–Trinajstić information content (AvgIpc) is 3.37. The minimum atomic E-state index is -1.41. The average molecular weight is 616 g/mol. The summed E-state index contributed by atoms with van der Waals surface area (Å²) >= 11 is 0.999. The fourth-order valence-electron chi connectivity index (χ4n) is 4.51. The predicted molar refractivity (Wildman–Crippen MR) is 157 cm³/mol. The van der Waals surface area contributed by atoms with Gasteiger partial charge in [0.05, 0.1) is 24.3 Å². The van der Waals surface area contributed by atoms with Gasteiger partial charge in [-0.2, -0.15) is 0 Å². The normalized spacial score (nSPS) is 17.3. The number of nitrogens with zero attached hydrogens (tertiary/aromatic N) is 3. The molecule has 0 saturated carbocycles. The largest absolute Gasteiger partial charge is 0.468 e. The third-order valence-electron chi connectivity index (χ3n) is 6.19. The molecule has 230 valence electrons. The molecule has 3 unspecified atom stereocenters. The van der Waals surface area contributed by atoms with E-state index in [0.29, 0.717) is 11.3 Å². The quantitative estimate of drug-likeness (QED) is 0.177. The number of methoxy groups -OCH3 is 1. The van der Waals surface area contributed by atoms with E-state index in [-0.39, 0.29) is 34.4 Å². The monoisotopic (exact) mass is 615 g/mol. The fourth-order valence-corrected chi connectivity index (χ4v) is 5.23. The van der Waals surface area contributed by atoms with Crippen LogP contribution in [0.2, 0.25) is 0 Å². The second-order valence-corrected chi connectivity index (χ2v) is 11.3. The van der Waals surface area contributed by atoms with Gasteiger partial charge >= 0.3 is 18.0 Å². The molecule has 1 aliphatic rings. The summed E-state index contributed by atoms with van der Waals surface area (Å²) in [5, 5.41) is 18.2. The van der Waals surface area contributed by atoms with Gasteiger partial charge in [0.25, 0.3) is 11.6 Å². The number of aliphatic imine (C=N–C) groups is 1. The van der Waals surface area contributed by atoms with Crippen molar-refractivity contribution >= 4 is 51.8 Å². The third-order valence-corrected chi connectivity index (χ3v) is 6.97. The topological polar surface area (TPSA) is 188 Å². The molecule has 2 heterocycles. The number of rotatable bonds is 9. The van der Waals surface area contributed by atoms with Gasteiger partial charge in [0.2, 0.25) is 0 Å². The number of thiazole rings is 1. The number of anilines is 1. The minimum absolute atomic E-state index is 0.00173. The van der Waals surface area contributed by atoms with E-state index in [1.165, 1.54) is 30.7 Å². The summed E-state index contributed by atoms with van der Waals surface area (Å²) in [4.78, 5) is 71.8. The number of amides is 2. The number of ether oxygens (including phenoxy) is 3. The Kier molecular flexibility index (Phi) is 10.3. The van der Waals surface area contributed by atoms with E-state index in [4.69, 9.17) is 14.2 Å². The van der Waals surface area contributed by atoms with Crippen molar-refractivity contribution in [3.05, 3.63) is 62.3 Å². The Morgan fingerprint density at radius 3 is 2.49 bits per heavy atom. The second-order valence-electron chi connectivity index (χ2n) is 10.4. The summed E-state index contributed by atoms with van der Waals surface area (Å²) in [6, 6.07) is 4.16. The van der Waals surface area contributed by atoms with Crippen molar-refractivity contribution in [2.24, 2.45) is 10.9 Å². The van der Waals surface area contributed by atoms with Crippen molar-refractivity contribution in [1.82, 2.24) is 10.3 Å². The van der Waals surface area contributed by atoms with E-state index in [2.05, 4.69) is 20.6 Å². The van der Waals surface area contributed by atoms with E-state index >= 15 is 0 Å². The maximum atomic E-state index is 14.0. The molecular weight excluding hydrogens is 582 g/mol. The Labute approximate surface area is 251 Å². The Morgan fingerprint density at radius 1 is 1.19 bits per heavy atom. The van der Waals surface area contributed by atoms with Gasteiger partial charge < -0.3 is 19.5 Å². The van der Waals surface area contributed by atoms with E-state index in [1.54, 1.807) is 47.6 Å². The van der Waals surface area contributed by atoms with Gasteiger partial charge in [0.15, 0.2) is 11.2 Å². The number of hydrogen-bond donors (Lipinski definition) is 2. The Morgan fingerprint density at radius 2 is 1.88 bits per heavy atom. The van der Waals surface area contributed by atoms with E-state index < -0.39 is 52.3 Å². The number of carbonyl (C=O) groups is 4. The van der Waals surface area contributed by atoms with Crippen LogP contribution in [0.5, 0.6) is 0 Å². The number of allylic oxidation sites excluding steroid dienone is 1. The standard InChI is InChI=1S/C28H33N5O9S/c1-8-41-25(36)22(18-13-43-26(30-18)32-27(37)42-28(4,5)6)31-23(34)19-14(2)29-15(3)20(24(35)40-7)21(19)16-10-9-11-17(12-16)33(38)39/h9-13,20-22H,8H2,1-7H3,(H,31,34)(H,30,32,37). The molecular formula is C28H33N5O9S. The molecule has 3 rings (SSSR count). The molecule has 3 atom stereocenters. The number of esters is 2. The predicted octanol–water partition coefficient (Wildman–Crippen LogP) is 4.44. The lowest BCUT2D eigenvalue weighted by Crippen LogP contribution is -2.41. The number of hydrogen-bond acceptors (Lipinski definition) is 12. The molecule has 43 heavy (non-hydrogen) atoms. The molecule has 1 aromatic heterocycles. The van der Waals surface area contributed by atoms with Gasteiger partial charge in [-0.15, -0.1) is 11.3 Å². The van der Waals surface area contributed by atoms with Crippen molar-refractivity contribution in [2.45, 2.75) is 59.1 Å². The van der Waals surface area contributed by atoms with Gasteiger partial charge in [0.1, 0.15) is 11.5 Å². The van der Waals surface area contributed by atoms with Crippen LogP contribution in [0.1, 0.15) is 64.8 Å². The van der Waals surface area contributed by atoms with Crippen LogP contribution in [0.15, 0.2) is 45.9 Å². The Hall–Kier alpha value is -4.66. The first-order chi connectivity index (χ1) is 20.2. The van der Waals surface area contributed by atoms with Gasteiger partial charge in [-0.1, -0.05) is 12.1 Å². The van der Waals surface area contributed by atoms with Crippen molar-refractivity contribution in [2.75, 3.05) is 19.0 Å². The summed E-state index contributed by atoms with van der Waals surface area (Å²) < 4.78 is 15.4. The number of carbonyl (C=O) groups excluding carboxylic acids is 4. The molecule has 0 bridgehead atoms. The zero-order chi connectivity index (χ0) is 32.1. The van der Waals surface area contributed by atoms with Crippen LogP contribution in [0, 0.1) is 16.0 Å². The number of nitro groups is 1. The molecule has 0 saturated heterocycles. The summed E-state index contributed by atoms with van der Waals surface area (Å²) in [6.07, 6.45) is -0.755. The zero-order valence-electron chi connectivity index (χ0n) is 24.8. The smallest absolute Gasteiger partial charge is 0.413 e. The van der Waals surface area contributed by atoms with Gasteiger partial charge in [-0.05, 0) is 47.1 Å². The van der Waals surface area contributed by atoms with Crippen molar-refractivity contribution < 1.29 is 38.3 Å². The lowest BCUT2D eigenvalue weighted by molar-refractivity contribution is -0.384. The number of non-ortho nitro benzene ring substituents is 1.